The minimum atomic E-state index is -0.107. The van der Waals surface area contributed by atoms with Gasteiger partial charge in [-0.25, -0.2) is 0 Å². The molecule has 0 saturated carbocycles. The van der Waals surface area contributed by atoms with Crippen LogP contribution in [0.5, 0.6) is 0 Å². The first-order valence-electron chi connectivity index (χ1n) is 5.22. The molecule has 0 aliphatic heterocycles. The second-order valence-corrected chi connectivity index (χ2v) is 6.19. The largest absolute Gasteiger partial charge is 0.321 e. The van der Waals surface area contributed by atoms with Gasteiger partial charge in [0.25, 0.3) is 5.91 Å². The number of aromatic amines is 1. The number of rotatable bonds is 2. The standard InChI is InChI=1S/C12H8BrN3OS/c13-11-4-3-10(18-11)12(17)15-8-2-1-7-6-14-16-9(7)5-8/h1-6H,(H,14,16)(H,15,17). The quantitative estimate of drug-likeness (QED) is 0.757. The third kappa shape index (κ3) is 2.16. The van der Waals surface area contributed by atoms with Crippen molar-refractivity contribution in [1.29, 1.82) is 0 Å². The SMILES string of the molecule is O=C(Nc1ccc2cn[nH]c2c1)c1ccc(Br)s1. The van der Waals surface area contributed by atoms with E-state index in [0.29, 0.717) is 4.88 Å². The average Bonchev–Trinajstić information content (AvgIpc) is 2.96. The average molecular weight is 322 g/mol. The summed E-state index contributed by atoms with van der Waals surface area (Å²) in [6.45, 7) is 0. The molecule has 3 rings (SSSR count). The van der Waals surface area contributed by atoms with E-state index in [2.05, 4.69) is 31.4 Å². The Labute approximate surface area is 115 Å². The third-order valence-corrected chi connectivity index (χ3v) is 4.12. The molecule has 1 amide bonds. The first-order chi connectivity index (χ1) is 8.72. The van der Waals surface area contributed by atoms with Gasteiger partial charge in [0.2, 0.25) is 0 Å². The Hall–Kier alpha value is -1.66. The maximum absolute atomic E-state index is 12.0. The summed E-state index contributed by atoms with van der Waals surface area (Å²) >= 11 is 4.74. The van der Waals surface area contributed by atoms with E-state index in [-0.39, 0.29) is 5.91 Å². The molecule has 2 aromatic heterocycles. The number of benzene rings is 1. The number of nitrogens with zero attached hydrogens (tertiary/aromatic N) is 1. The summed E-state index contributed by atoms with van der Waals surface area (Å²) in [4.78, 5) is 12.6. The topological polar surface area (TPSA) is 57.8 Å². The molecule has 0 fully saturated rings. The number of thiophene rings is 1. The molecule has 4 nitrogen and oxygen atoms in total. The van der Waals surface area contributed by atoms with Gasteiger partial charge in [-0.2, -0.15) is 5.10 Å². The number of halogens is 1. The van der Waals surface area contributed by atoms with Gasteiger partial charge in [-0.05, 0) is 46.3 Å². The Morgan fingerprint density at radius 2 is 2.22 bits per heavy atom. The summed E-state index contributed by atoms with van der Waals surface area (Å²) in [5.74, 6) is -0.107. The van der Waals surface area contributed by atoms with Crippen molar-refractivity contribution < 1.29 is 4.79 Å². The number of nitrogens with one attached hydrogen (secondary N) is 2. The fraction of sp³-hybridized carbons (Fsp3) is 0. The number of amides is 1. The molecule has 90 valence electrons. The number of fused-ring (bicyclic) bond motifs is 1. The van der Waals surface area contributed by atoms with Gasteiger partial charge in [-0.1, -0.05) is 0 Å². The van der Waals surface area contributed by atoms with Gasteiger partial charge >= 0.3 is 0 Å². The van der Waals surface area contributed by atoms with Gasteiger partial charge in [0.05, 0.1) is 20.4 Å². The second kappa shape index (κ2) is 4.55. The molecular formula is C12H8BrN3OS. The molecule has 0 aliphatic rings. The Morgan fingerprint density at radius 1 is 1.33 bits per heavy atom. The number of hydrogen-bond acceptors (Lipinski definition) is 3. The molecule has 0 atom stereocenters. The van der Waals surface area contributed by atoms with Gasteiger partial charge in [0.1, 0.15) is 0 Å². The summed E-state index contributed by atoms with van der Waals surface area (Å²) in [6, 6.07) is 9.29. The zero-order valence-corrected chi connectivity index (χ0v) is 11.5. The van der Waals surface area contributed by atoms with Crippen molar-refractivity contribution >= 4 is 49.8 Å². The molecule has 2 heterocycles. The molecule has 0 saturated heterocycles. The van der Waals surface area contributed by atoms with Gasteiger partial charge < -0.3 is 5.32 Å². The fourth-order valence-electron chi connectivity index (χ4n) is 1.64. The second-order valence-electron chi connectivity index (χ2n) is 3.73. The van der Waals surface area contributed by atoms with Gasteiger partial charge in [-0.15, -0.1) is 11.3 Å². The smallest absolute Gasteiger partial charge is 0.265 e. The third-order valence-electron chi connectivity index (χ3n) is 2.50. The van der Waals surface area contributed by atoms with Crippen molar-refractivity contribution in [3.8, 4) is 0 Å². The van der Waals surface area contributed by atoms with Gasteiger partial charge in [-0.3, -0.25) is 9.89 Å². The molecule has 0 radical (unpaired) electrons. The van der Waals surface area contributed by atoms with E-state index in [4.69, 9.17) is 0 Å². The van der Waals surface area contributed by atoms with Crippen LogP contribution in [0, 0.1) is 0 Å². The molecule has 0 bridgehead atoms. The molecule has 0 unspecified atom stereocenters. The summed E-state index contributed by atoms with van der Waals surface area (Å²) in [5.41, 5.74) is 1.65. The van der Waals surface area contributed by atoms with E-state index in [9.17, 15) is 4.79 Å². The lowest BCUT2D eigenvalue weighted by Gasteiger charge is -2.03. The van der Waals surface area contributed by atoms with Crippen molar-refractivity contribution in [3.63, 3.8) is 0 Å². The zero-order valence-electron chi connectivity index (χ0n) is 9.11. The van der Waals surface area contributed by atoms with Crippen molar-refractivity contribution in [2.75, 3.05) is 5.32 Å². The van der Waals surface area contributed by atoms with Crippen molar-refractivity contribution in [3.05, 3.63) is 45.2 Å². The monoisotopic (exact) mass is 321 g/mol. The van der Waals surface area contributed by atoms with Gasteiger partial charge in [0, 0.05) is 11.1 Å². The molecule has 2 N–H and O–H groups in total. The summed E-state index contributed by atoms with van der Waals surface area (Å²) < 4.78 is 0.941. The maximum atomic E-state index is 12.0. The van der Waals surface area contributed by atoms with E-state index in [1.165, 1.54) is 11.3 Å². The molecule has 1 aromatic carbocycles. The maximum Gasteiger partial charge on any atom is 0.265 e. The Morgan fingerprint density at radius 3 is 3.00 bits per heavy atom. The lowest BCUT2D eigenvalue weighted by Crippen LogP contribution is -2.09. The summed E-state index contributed by atoms with van der Waals surface area (Å²) in [5, 5.41) is 10.7. The summed E-state index contributed by atoms with van der Waals surface area (Å²) in [6.07, 6.45) is 1.75. The number of anilines is 1. The van der Waals surface area contributed by atoms with Crippen LogP contribution in [0.2, 0.25) is 0 Å². The minimum Gasteiger partial charge on any atom is -0.321 e. The lowest BCUT2D eigenvalue weighted by atomic mass is 10.2. The summed E-state index contributed by atoms with van der Waals surface area (Å²) in [7, 11) is 0. The molecule has 6 heteroatoms. The van der Waals surface area contributed by atoms with Crippen LogP contribution in [0.3, 0.4) is 0 Å². The zero-order chi connectivity index (χ0) is 12.5. The highest BCUT2D eigenvalue weighted by atomic mass is 79.9. The number of carbonyl (C=O) groups excluding carboxylic acids is 1. The van der Waals surface area contributed by atoms with Crippen LogP contribution in [0.25, 0.3) is 10.9 Å². The van der Waals surface area contributed by atoms with Crippen LogP contribution in [0.15, 0.2) is 40.3 Å². The van der Waals surface area contributed by atoms with Crippen LogP contribution < -0.4 is 5.32 Å². The van der Waals surface area contributed by atoms with Gasteiger partial charge in [0.15, 0.2) is 0 Å². The lowest BCUT2D eigenvalue weighted by molar-refractivity contribution is 0.103. The van der Waals surface area contributed by atoms with E-state index in [0.717, 1.165) is 20.4 Å². The van der Waals surface area contributed by atoms with Crippen molar-refractivity contribution in [1.82, 2.24) is 10.2 Å². The van der Waals surface area contributed by atoms with Crippen LogP contribution in [-0.2, 0) is 0 Å². The minimum absolute atomic E-state index is 0.107. The Bertz CT molecular complexity index is 719. The predicted molar refractivity (Wildman–Crippen MR) is 76.1 cm³/mol. The highest BCUT2D eigenvalue weighted by Gasteiger charge is 2.09. The Balaban J connectivity index is 1.85. The molecule has 18 heavy (non-hydrogen) atoms. The first kappa shape index (κ1) is 11.4. The molecular weight excluding hydrogens is 314 g/mol. The Kier molecular flexibility index (Phi) is 2.89. The normalized spacial score (nSPS) is 10.7. The number of aromatic nitrogens is 2. The van der Waals surface area contributed by atoms with Crippen LogP contribution in [0.1, 0.15) is 9.67 Å². The van der Waals surface area contributed by atoms with E-state index in [1.807, 2.05) is 24.3 Å². The van der Waals surface area contributed by atoms with Crippen LogP contribution in [-0.4, -0.2) is 16.1 Å². The fourth-order valence-corrected chi connectivity index (χ4v) is 2.93. The molecule has 0 spiro atoms. The van der Waals surface area contributed by atoms with Crippen LogP contribution >= 0.6 is 27.3 Å². The number of hydrogen-bond donors (Lipinski definition) is 2. The molecule has 0 aliphatic carbocycles. The number of carbonyl (C=O) groups is 1. The molecule has 3 aromatic rings. The van der Waals surface area contributed by atoms with E-state index in [1.54, 1.807) is 12.3 Å². The highest BCUT2D eigenvalue weighted by Crippen LogP contribution is 2.23. The van der Waals surface area contributed by atoms with Crippen molar-refractivity contribution in [2.45, 2.75) is 0 Å². The predicted octanol–water partition coefficient (Wildman–Crippen LogP) is 3.64. The highest BCUT2D eigenvalue weighted by molar-refractivity contribution is 9.11. The number of H-pyrrole nitrogens is 1. The van der Waals surface area contributed by atoms with Crippen LogP contribution in [0.4, 0.5) is 5.69 Å². The van der Waals surface area contributed by atoms with Crippen molar-refractivity contribution in [2.24, 2.45) is 0 Å². The van der Waals surface area contributed by atoms with E-state index >= 15 is 0 Å². The first-order valence-corrected chi connectivity index (χ1v) is 6.83. The van der Waals surface area contributed by atoms with E-state index < -0.39 is 0 Å².